The highest BCUT2D eigenvalue weighted by atomic mass is 16.5. The van der Waals surface area contributed by atoms with Crippen LogP contribution in [0.3, 0.4) is 0 Å². The molecule has 4 atom stereocenters. The van der Waals surface area contributed by atoms with Gasteiger partial charge in [-0.15, -0.1) is 0 Å². The first-order valence-electron chi connectivity index (χ1n) is 11.8. The molecule has 5 rings (SSSR count). The standard InChI is InChI=1S/C25H34N4O3/c1-5-28-20-7-6-15(8-19(20)27-21(28)17-9-18(17)23(31)32-14-26)22(30)29-13-25(4)11-16(29)10-24(2,3)12-25/h6-8,16-18H,5,9-14,26H2,1-4H3. The molecule has 2 saturated carbocycles. The molecule has 1 amide bonds. The molecule has 7 nitrogen and oxygen atoms in total. The van der Waals surface area contributed by atoms with E-state index in [0.29, 0.717) is 11.6 Å². The van der Waals surface area contributed by atoms with Gasteiger partial charge in [-0.3, -0.25) is 15.3 Å². The van der Waals surface area contributed by atoms with Crippen LogP contribution in [0.5, 0.6) is 0 Å². The van der Waals surface area contributed by atoms with Gasteiger partial charge in [0, 0.05) is 30.6 Å². The zero-order valence-corrected chi connectivity index (χ0v) is 19.6. The third-order valence-corrected chi connectivity index (χ3v) is 7.67. The summed E-state index contributed by atoms with van der Waals surface area (Å²) in [6.45, 7) is 10.6. The Labute approximate surface area is 189 Å². The lowest BCUT2D eigenvalue weighted by Gasteiger charge is -2.39. The molecule has 1 aromatic carbocycles. The van der Waals surface area contributed by atoms with Gasteiger partial charge in [-0.25, -0.2) is 4.98 Å². The monoisotopic (exact) mass is 438 g/mol. The summed E-state index contributed by atoms with van der Waals surface area (Å²) in [6, 6.07) is 6.19. The average Bonchev–Trinajstić information content (AvgIpc) is 3.37. The fourth-order valence-corrected chi connectivity index (χ4v) is 6.69. The molecule has 3 aliphatic rings. The molecule has 172 valence electrons. The molecule has 32 heavy (non-hydrogen) atoms. The predicted octanol–water partition coefficient (Wildman–Crippen LogP) is 3.66. The zero-order valence-electron chi connectivity index (χ0n) is 19.6. The summed E-state index contributed by atoms with van der Waals surface area (Å²) in [5.74, 6) is 0.647. The molecule has 1 aromatic heterocycles. The lowest BCUT2D eigenvalue weighted by Crippen LogP contribution is -2.37. The summed E-state index contributed by atoms with van der Waals surface area (Å²) >= 11 is 0. The summed E-state index contributed by atoms with van der Waals surface area (Å²) in [6.07, 6.45) is 4.06. The number of carbonyl (C=O) groups excluding carboxylic acids is 2. The topological polar surface area (TPSA) is 90.5 Å². The number of imidazole rings is 1. The van der Waals surface area contributed by atoms with E-state index >= 15 is 0 Å². The van der Waals surface area contributed by atoms with Crippen molar-refractivity contribution in [2.24, 2.45) is 22.5 Å². The van der Waals surface area contributed by atoms with Crippen LogP contribution < -0.4 is 5.73 Å². The minimum absolute atomic E-state index is 0.0561. The maximum Gasteiger partial charge on any atom is 0.311 e. The molecule has 1 aliphatic heterocycles. The Morgan fingerprint density at radius 3 is 2.75 bits per heavy atom. The summed E-state index contributed by atoms with van der Waals surface area (Å²) in [5, 5.41) is 0. The van der Waals surface area contributed by atoms with E-state index in [1.165, 1.54) is 6.42 Å². The van der Waals surface area contributed by atoms with Crippen molar-refractivity contribution < 1.29 is 14.3 Å². The molecule has 0 spiro atoms. The number of nitrogens with two attached hydrogens (primary N) is 1. The highest BCUT2D eigenvalue weighted by molar-refractivity contribution is 5.98. The van der Waals surface area contributed by atoms with Crippen LogP contribution >= 0.6 is 0 Å². The predicted molar refractivity (Wildman–Crippen MR) is 122 cm³/mol. The molecule has 4 unspecified atom stereocenters. The van der Waals surface area contributed by atoms with Gasteiger partial charge in [0.15, 0.2) is 0 Å². The Kier molecular flexibility index (Phi) is 4.89. The van der Waals surface area contributed by atoms with E-state index in [4.69, 9.17) is 15.5 Å². The second kappa shape index (κ2) is 7.30. The first-order chi connectivity index (χ1) is 15.1. The summed E-state index contributed by atoms with van der Waals surface area (Å²) in [5.41, 5.74) is 8.36. The highest BCUT2D eigenvalue weighted by Gasteiger charge is 2.51. The Balaban J connectivity index is 1.42. The van der Waals surface area contributed by atoms with Crippen molar-refractivity contribution in [3.8, 4) is 0 Å². The normalized spacial score (nSPS) is 30.5. The summed E-state index contributed by atoms with van der Waals surface area (Å²) in [4.78, 5) is 32.6. The number of fused-ring (bicyclic) bond motifs is 3. The number of rotatable bonds is 5. The fourth-order valence-electron chi connectivity index (χ4n) is 6.69. The summed E-state index contributed by atoms with van der Waals surface area (Å²) in [7, 11) is 0. The molecule has 2 aromatic rings. The largest absolute Gasteiger partial charge is 0.450 e. The molecule has 2 heterocycles. The number of esters is 1. The Hall–Kier alpha value is -2.41. The molecular formula is C25H34N4O3. The van der Waals surface area contributed by atoms with Gasteiger partial charge >= 0.3 is 5.97 Å². The first kappa shape index (κ1) is 21.4. The van der Waals surface area contributed by atoms with Crippen LogP contribution in [-0.2, 0) is 16.1 Å². The van der Waals surface area contributed by atoms with Gasteiger partial charge < -0.3 is 14.2 Å². The van der Waals surface area contributed by atoms with E-state index < -0.39 is 0 Å². The third-order valence-electron chi connectivity index (χ3n) is 7.67. The number of carbonyl (C=O) groups is 2. The van der Waals surface area contributed by atoms with Crippen molar-refractivity contribution in [1.82, 2.24) is 14.5 Å². The molecule has 3 fully saturated rings. The van der Waals surface area contributed by atoms with E-state index in [1.807, 2.05) is 18.2 Å². The third kappa shape index (κ3) is 3.51. The number of hydrogen-bond donors (Lipinski definition) is 1. The van der Waals surface area contributed by atoms with Gasteiger partial charge in [-0.1, -0.05) is 20.8 Å². The van der Waals surface area contributed by atoms with Gasteiger partial charge in [0.25, 0.3) is 5.91 Å². The van der Waals surface area contributed by atoms with Gasteiger partial charge in [0.2, 0.25) is 0 Å². The first-order valence-corrected chi connectivity index (χ1v) is 11.8. The zero-order chi connectivity index (χ0) is 22.8. The van der Waals surface area contributed by atoms with E-state index in [2.05, 4.69) is 37.2 Å². The minimum Gasteiger partial charge on any atom is -0.450 e. The number of likely N-dealkylation sites (tertiary alicyclic amines) is 1. The van der Waals surface area contributed by atoms with E-state index in [9.17, 15) is 9.59 Å². The van der Waals surface area contributed by atoms with Crippen molar-refractivity contribution in [1.29, 1.82) is 0 Å². The maximum absolute atomic E-state index is 13.5. The quantitative estimate of drug-likeness (QED) is 0.568. The van der Waals surface area contributed by atoms with Gasteiger partial charge in [-0.05, 0) is 61.6 Å². The lowest BCUT2D eigenvalue weighted by atomic mass is 9.65. The highest BCUT2D eigenvalue weighted by Crippen LogP contribution is 2.53. The number of amides is 1. The summed E-state index contributed by atoms with van der Waals surface area (Å²) < 4.78 is 7.13. The molecule has 7 heteroatoms. The van der Waals surface area contributed by atoms with Crippen LogP contribution in [0.25, 0.3) is 11.0 Å². The van der Waals surface area contributed by atoms with Crippen LogP contribution in [0.2, 0.25) is 0 Å². The van der Waals surface area contributed by atoms with Crippen LogP contribution in [0.1, 0.15) is 75.5 Å². The van der Waals surface area contributed by atoms with E-state index in [0.717, 1.165) is 49.2 Å². The SMILES string of the molecule is CCn1c(C2CC2C(=O)OCN)nc2cc(C(=O)N3CC4(C)CC3CC(C)(C)C4)ccc21. The average molecular weight is 439 g/mol. The number of aryl methyl sites for hydroxylation is 1. The second-order valence-electron chi connectivity index (χ2n) is 11.1. The molecule has 2 bridgehead atoms. The van der Waals surface area contributed by atoms with Crippen LogP contribution in [0, 0.1) is 16.7 Å². The number of ether oxygens (including phenoxy) is 1. The van der Waals surface area contributed by atoms with E-state index in [1.54, 1.807) is 0 Å². The van der Waals surface area contributed by atoms with Crippen molar-refractivity contribution in [3.05, 3.63) is 29.6 Å². The maximum atomic E-state index is 13.5. The number of nitrogens with zero attached hydrogens (tertiary/aromatic N) is 3. The molecule has 0 radical (unpaired) electrons. The van der Waals surface area contributed by atoms with Gasteiger partial charge in [-0.2, -0.15) is 0 Å². The van der Waals surface area contributed by atoms with Crippen molar-refractivity contribution in [2.45, 2.75) is 71.9 Å². The smallest absolute Gasteiger partial charge is 0.311 e. The fraction of sp³-hybridized carbons (Fsp3) is 0.640. The number of benzene rings is 1. The van der Waals surface area contributed by atoms with Crippen LogP contribution in [-0.4, -0.2) is 45.6 Å². The second-order valence-corrected chi connectivity index (χ2v) is 11.1. The molecule has 2 N–H and O–H groups in total. The molecular weight excluding hydrogens is 404 g/mol. The Bertz CT molecular complexity index is 1090. The van der Waals surface area contributed by atoms with Crippen molar-refractivity contribution >= 4 is 22.9 Å². The van der Waals surface area contributed by atoms with E-state index in [-0.39, 0.29) is 41.3 Å². The minimum atomic E-state index is -0.250. The van der Waals surface area contributed by atoms with Crippen molar-refractivity contribution in [3.63, 3.8) is 0 Å². The Morgan fingerprint density at radius 1 is 1.25 bits per heavy atom. The number of hydrogen-bond acceptors (Lipinski definition) is 5. The van der Waals surface area contributed by atoms with Crippen LogP contribution in [0.4, 0.5) is 0 Å². The van der Waals surface area contributed by atoms with Gasteiger partial charge in [0.1, 0.15) is 12.6 Å². The molecule has 2 aliphatic carbocycles. The lowest BCUT2D eigenvalue weighted by molar-refractivity contribution is -0.145. The number of aromatic nitrogens is 2. The van der Waals surface area contributed by atoms with Crippen LogP contribution in [0.15, 0.2) is 18.2 Å². The van der Waals surface area contributed by atoms with Crippen molar-refractivity contribution in [2.75, 3.05) is 13.3 Å². The molecule has 1 saturated heterocycles. The van der Waals surface area contributed by atoms with Gasteiger partial charge in [0.05, 0.1) is 17.0 Å². The Morgan fingerprint density at radius 2 is 2.03 bits per heavy atom.